The molecule has 198 valence electrons. The van der Waals surface area contributed by atoms with E-state index in [9.17, 15) is 19.5 Å². The Kier molecular flexibility index (Phi) is 8.68. The van der Waals surface area contributed by atoms with Crippen molar-refractivity contribution in [2.45, 2.75) is 57.9 Å². The molecule has 3 heterocycles. The summed E-state index contributed by atoms with van der Waals surface area (Å²) in [5.41, 5.74) is 0.824. The van der Waals surface area contributed by atoms with Crippen LogP contribution in [-0.2, 0) is 19.2 Å². The highest BCUT2D eigenvalue weighted by atomic mass is 16.7. The zero-order chi connectivity index (χ0) is 25.7. The van der Waals surface area contributed by atoms with Gasteiger partial charge in [0.1, 0.15) is 0 Å². The molecular formula is C26H37N3O7. The van der Waals surface area contributed by atoms with E-state index in [0.29, 0.717) is 44.2 Å². The lowest BCUT2D eigenvalue weighted by atomic mass is 9.85. The number of hydrogen-bond acceptors (Lipinski definition) is 7. The number of aliphatic carboxylic acids is 1. The van der Waals surface area contributed by atoms with Crippen LogP contribution in [0.1, 0.15) is 57.4 Å². The number of carbonyl (C=O) groups is 3. The van der Waals surface area contributed by atoms with Crippen LogP contribution in [0.4, 0.5) is 0 Å². The van der Waals surface area contributed by atoms with E-state index in [1.165, 1.54) is 5.06 Å². The van der Waals surface area contributed by atoms with Gasteiger partial charge in [0.2, 0.25) is 12.7 Å². The molecule has 1 unspecified atom stereocenters. The molecule has 1 aromatic rings. The number of hydrogen-bond donors (Lipinski definition) is 1. The molecule has 36 heavy (non-hydrogen) atoms. The van der Waals surface area contributed by atoms with Gasteiger partial charge in [-0.05, 0) is 37.0 Å². The first-order valence-electron chi connectivity index (χ1n) is 13.0. The Labute approximate surface area is 212 Å². The molecule has 4 rings (SSSR count). The number of amides is 2. The maximum atomic E-state index is 13.3. The second kappa shape index (κ2) is 11.9. The molecule has 0 bridgehead atoms. The summed E-state index contributed by atoms with van der Waals surface area (Å²) >= 11 is 0. The van der Waals surface area contributed by atoms with Crippen molar-refractivity contribution in [3.05, 3.63) is 23.8 Å². The van der Waals surface area contributed by atoms with Gasteiger partial charge < -0.3 is 19.5 Å². The summed E-state index contributed by atoms with van der Waals surface area (Å²) in [5.74, 6) is -1.02. The topological polar surface area (TPSA) is 109 Å². The molecule has 0 spiro atoms. The van der Waals surface area contributed by atoms with Gasteiger partial charge in [-0.25, -0.2) is 5.06 Å². The summed E-state index contributed by atoms with van der Waals surface area (Å²) in [6, 6.07) is 5.01. The lowest BCUT2D eigenvalue weighted by Crippen LogP contribution is -2.49. The van der Waals surface area contributed by atoms with E-state index in [2.05, 4.69) is 6.92 Å². The molecule has 2 amide bonds. The zero-order valence-corrected chi connectivity index (χ0v) is 21.2. The molecule has 0 aromatic heterocycles. The zero-order valence-electron chi connectivity index (χ0n) is 21.2. The molecule has 1 N–H and O–H groups in total. The molecule has 3 aliphatic rings. The van der Waals surface area contributed by atoms with Crippen LogP contribution >= 0.6 is 0 Å². The third kappa shape index (κ3) is 5.75. The molecule has 0 saturated carbocycles. The van der Waals surface area contributed by atoms with Crippen molar-refractivity contribution in [3.63, 3.8) is 0 Å². The number of benzene rings is 1. The number of carbonyl (C=O) groups excluding carboxylic acids is 2. The third-order valence-corrected chi connectivity index (χ3v) is 7.22. The highest BCUT2D eigenvalue weighted by Crippen LogP contribution is 2.42. The summed E-state index contributed by atoms with van der Waals surface area (Å²) in [6.07, 6.45) is 3.77. The van der Waals surface area contributed by atoms with Crippen molar-refractivity contribution in [3.8, 4) is 11.5 Å². The number of carboxylic acid groups (broad SMARTS) is 1. The number of rotatable bonds is 12. The highest BCUT2D eigenvalue weighted by molar-refractivity contribution is 5.79. The van der Waals surface area contributed by atoms with Gasteiger partial charge in [0.25, 0.3) is 5.91 Å². The summed E-state index contributed by atoms with van der Waals surface area (Å²) in [5, 5.41) is 11.8. The van der Waals surface area contributed by atoms with E-state index in [-0.39, 0.29) is 37.6 Å². The fourth-order valence-electron chi connectivity index (χ4n) is 5.34. The lowest BCUT2D eigenvalue weighted by molar-refractivity contribution is -0.188. The van der Waals surface area contributed by atoms with E-state index in [1.807, 2.05) is 24.0 Å². The second-order valence-corrected chi connectivity index (χ2v) is 9.71. The summed E-state index contributed by atoms with van der Waals surface area (Å²) in [6.45, 7) is 6.42. The Morgan fingerprint density at radius 1 is 1.19 bits per heavy atom. The largest absolute Gasteiger partial charge is 0.481 e. The molecule has 0 aliphatic carbocycles. The molecule has 2 fully saturated rings. The molecule has 0 radical (unpaired) electrons. The minimum Gasteiger partial charge on any atom is -0.481 e. The summed E-state index contributed by atoms with van der Waals surface area (Å²) in [7, 11) is 0. The van der Waals surface area contributed by atoms with Crippen molar-refractivity contribution in [2.24, 2.45) is 5.92 Å². The van der Waals surface area contributed by atoms with Gasteiger partial charge in [-0.2, -0.15) is 0 Å². The molecule has 3 atom stereocenters. The Morgan fingerprint density at radius 3 is 2.69 bits per heavy atom. The number of fused-ring (bicyclic) bond motifs is 1. The smallest absolute Gasteiger partial charge is 0.308 e. The van der Waals surface area contributed by atoms with Crippen molar-refractivity contribution in [1.29, 1.82) is 0 Å². The number of carboxylic acids is 1. The fourth-order valence-corrected chi connectivity index (χ4v) is 5.34. The van der Waals surface area contributed by atoms with Gasteiger partial charge in [0.05, 0.1) is 19.1 Å². The maximum absolute atomic E-state index is 13.3. The molecule has 1 aromatic carbocycles. The van der Waals surface area contributed by atoms with Crippen LogP contribution in [-0.4, -0.2) is 89.9 Å². The second-order valence-electron chi connectivity index (χ2n) is 9.71. The molecule has 10 nitrogen and oxygen atoms in total. The average molecular weight is 504 g/mol. The Morgan fingerprint density at radius 2 is 2.00 bits per heavy atom. The van der Waals surface area contributed by atoms with E-state index >= 15 is 0 Å². The monoisotopic (exact) mass is 503 g/mol. The number of likely N-dealkylation sites (tertiary alicyclic amines) is 2. The van der Waals surface area contributed by atoms with Gasteiger partial charge in [-0.3, -0.25) is 24.1 Å². The first kappa shape index (κ1) is 26.2. The molecular weight excluding hydrogens is 466 g/mol. The lowest BCUT2D eigenvalue weighted by Gasteiger charge is -2.31. The van der Waals surface area contributed by atoms with Crippen LogP contribution < -0.4 is 9.47 Å². The molecule has 3 aliphatic heterocycles. The van der Waals surface area contributed by atoms with Gasteiger partial charge in [0.15, 0.2) is 11.5 Å². The van der Waals surface area contributed by atoms with Crippen LogP contribution in [0.25, 0.3) is 0 Å². The quantitative estimate of drug-likeness (QED) is 0.434. The Balaban J connectivity index is 1.60. The van der Waals surface area contributed by atoms with Crippen molar-refractivity contribution in [2.75, 3.05) is 46.1 Å². The fraction of sp³-hybridized carbons (Fsp3) is 0.654. The van der Waals surface area contributed by atoms with E-state index in [4.69, 9.17) is 14.3 Å². The van der Waals surface area contributed by atoms with Crippen LogP contribution in [0.3, 0.4) is 0 Å². The normalized spacial score (nSPS) is 23.4. The number of ether oxygens (including phenoxy) is 2. The molecule has 2 saturated heterocycles. The van der Waals surface area contributed by atoms with E-state index < -0.39 is 17.9 Å². The van der Waals surface area contributed by atoms with Crippen LogP contribution in [0.5, 0.6) is 11.5 Å². The minimum atomic E-state index is -0.936. The maximum Gasteiger partial charge on any atom is 0.308 e. The van der Waals surface area contributed by atoms with Gasteiger partial charge in [-0.1, -0.05) is 26.3 Å². The number of unbranched alkanes of at least 4 members (excludes halogenated alkanes) is 1. The SMILES string of the molecule is CCCCN(OCCC)C(=O)CN1C[C@H](c2ccc3c(c2)OCO3)C(C(=O)O)[C@@H]1CN1CCCC1=O. The number of hydroxylamine groups is 2. The van der Waals surface area contributed by atoms with E-state index in [1.54, 1.807) is 11.0 Å². The first-order chi connectivity index (χ1) is 17.4. The van der Waals surface area contributed by atoms with Crippen LogP contribution in [0.2, 0.25) is 0 Å². The summed E-state index contributed by atoms with van der Waals surface area (Å²) < 4.78 is 10.9. The van der Waals surface area contributed by atoms with Gasteiger partial charge >= 0.3 is 5.97 Å². The van der Waals surface area contributed by atoms with Crippen LogP contribution in [0.15, 0.2) is 18.2 Å². The molecule has 10 heteroatoms. The van der Waals surface area contributed by atoms with Crippen LogP contribution in [0, 0.1) is 5.92 Å². The standard InChI is InChI=1S/C26H37N3O7/c1-3-5-11-29(36-12-4-2)24(31)16-28-14-19(18-8-9-21-22(13-18)35-17-34-21)25(26(32)33)20(28)15-27-10-6-7-23(27)30/h8-9,13,19-20,25H,3-7,10-12,14-17H2,1-2H3,(H,32,33)/t19-,20+,25?/m1/s1. The van der Waals surface area contributed by atoms with Gasteiger partial charge in [-0.15, -0.1) is 0 Å². The van der Waals surface area contributed by atoms with Crippen molar-refractivity contribution in [1.82, 2.24) is 14.9 Å². The minimum absolute atomic E-state index is 0.0327. The first-order valence-corrected chi connectivity index (χ1v) is 13.0. The highest BCUT2D eigenvalue weighted by Gasteiger charge is 2.48. The average Bonchev–Trinajstić information content (AvgIpc) is 3.58. The number of nitrogens with zero attached hydrogens (tertiary/aromatic N) is 3. The predicted molar refractivity (Wildman–Crippen MR) is 130 cm³/mol. The Hall–Kier alpha value is -2.85. The Bertz CT molecular complexity index is 947. The predicted octanol–water partition coefficient (Wildman–Crippen LogP) is 2.48. The van der Waals surface area contributed by atoms with Gasteiger partial charge in [0, 0.05) is 44.6 Å². The van der Waals surface area contributed by atoms with Crippen molar-refractivity contribution >= 4 is 17.8 Å². The van der Waals surface area contributed by atoms with Crippen molar-refractivity contribution < 1.29 is 33.8 Å². The van der Waals surface area contributed by atoms with E-state index in [0.717, 1.165) is 31.2 Å². The third-order valence-electron chi connectivity index (χ3n) is 7.22. The summed E-state index contributed by atoms with van der Waals surface area (Å²) in [4.78, 5) is 47.8.